The van der Waals surface area contributed by atoms with E-state index >= 15 is 0 Å². The molecule has 3 aromatic carbocycles. The van der Waals surface area contributed by atoms with Crippen LogP contribution in [-0.4, -0.2) is 13.1 Å². The summed E-state index contributed by atoms with van der Waals surface area (Å²) in [6, 6.07) is 27.3. The molecule has 1 heterocycles. The van der Waals surface area contributed by atoms with E-state index in [9.17, 15) is 0 Å². The molecule has 0 atom stereocenters. The quantitative estimate of drug-likeness (QED) is 0.448. The Balaban J connectivity index is 1.53. The number of benzene rings is 3. The predicted molar refractivity (Wildman–Crippen MR) is 116 cm³/mol. The van der Waals surface area contributed by atoms with Crippen molar-refractivity contribution in [2.24, 2.45) is 5.84 Å². The number of nitrogens with zero attached hydrogens (tertiary/aromatic N) is 2. The van der Waals surface area contributed by atoms with Gasteiger partial charge in [-0.1, -0.05) is 42.1 Å². The van der Waals surface area contributed by atoms with Crippen LogP contribution in [0.3, 0.4) is 0 Å². The summed E-state index contributed by atoms with van der Waals surface area (Å²) in [5, 5.41) is 1.81. The van der Waals surface area contributed by atoms with Crippen LogP contribution in [0, 0.1) is 0 Å². The summed E-state index contributed by atoms with van der Waals surface area (Å²) in [6.45, 7) is 2.22. The van der Waals surface area contributed by atoms with Crippen LogP contribution in [-0.2, 0) is 0 Å². The third kappa shape index (κ3) is 4.29. The van der Waals surface area contributed by atoms with Gasteiger partial charge in [-0.2, -0.15) is 0 Å². The van der Waals surface area contributed by atoms with Crippen LogP contribution in [0.5, 0.6) is 0 Å². The largest absolute Gasteiger partial charge is 0.370 e. The van der Waals surface area contributed by atoms with E-state index in [0.29, 0.717) is 0 Å². The number of nitrogens with two attached hydrogens (primary N) is 1. The number of piperidine rings is 1. The van der Waals surface area contributed by atoms with Crippen molar-refractivity contribution in [2.75, 3.05) is 23.0 Å². The van der Waals surface area contributed by atoms with Crippen LogP contribution in [0.2, 0.25) is 0 Å². The molecule has 3 nitrogen and oxygen atoms in total. The van der Waals surface area contributed by atoms with Gasteiger partial charge in [-0.15, -0.1) is 0 Å². The van der Waals surface area contributed by atoms with Gasteiger partial charge in [0.25, 0.3) is 0 Å². The molecule has 0 spiro atoms. The standard InChI is InChI=1S/C23H25N3S/c24-26(23-12-6-5-11-22(23)25-17-7-2-8-18-25)19-13-15-21(16-14-19)27-20-9-3-1-4-10-20/h1,3-6,9-16H,2,7-8,17-18,24H2. The lowest BCUT2D eigenvalue weighted by Crippen LogP contribution is -2.33. The van der Waals surface area contributed by atoms with Gasteiger partial charge in [-0.25, -0.2) is 5.84 Å². The Bertz CT molecular complexity index is 858. The van der Waals surface area contributed by atoms with Gasteiger partial charge in [0.15, 0.2) is 0 Å². The van der Waals surface area contributed by atoms with Crippen molar-refractivity contribution < 1.29 is 0 Å². The second kappa shape index (κ2) is 8.51. The van der Waals surface area contributed by atoms with E-state index in [1.807, 2.05) is 6.07 Å². The highest BCUT2D eigenvalue weighted by atomic mass is 32.2. The smallest absolute Gasteiger partial charge is 0.0808 e. The van der Waals surface area contributed by atoms with Crippen molar-refractivity contribution in [3.8, 4) is 0 Å². The zero-order valence-electron chi connectivity index (χ0n) is 15.4. The summed E-state index contributed by atoms with van der Waals surface area (Å²) in [6.07, 6.45) is 3.83. The van der Waals surface area contributed by atoms with Crippen molar-refractivity contribution in [2.45, 2.75) is 29.1 Å². The molecule has 27 heavy (non-hydrogen) atoms. The lowest BCUT2D eigenvalue weighted by atomic mass is 10.1. The van der Waals surface area contributed by atoms with Gasteiger partial charge in [0, 0.05) is 22.9 Å². The first kappa shape index (κ1) is 18.0. The zero-order valence-corrected chi connectivity index (χ0v) is 16.2. The molecule has 0 saturated carbocycles. The average Bonchev–Trinajstić information content (AvgIpc) is 2.75. The van der Waals surface area contributed by atoms with Gasteiger partial charge >= 0.3 is 0 Å². The topological polar surface area (TPSA) is 32.5 Å². The molecule has 2 N–H and O–H groups in total. The fraction of sp³-hybridized carbons (Fsp3) is 0.217. The van der Waals surface area contributed by atoms with Gasteiger partial charge in [0.2, 0.25) is 0 Å². The minimum absolute atomic E-state index is 0.997. The molecule has 1 aliphatic heterocycles. The van der Waals surface area contributed by atoms with Crippen LogP contribution in [0.4, 0.5) is 17.1 Å². The summed E-state index contributed by atoms with van der Waals surface area (Å²) in [5.41, 5.74) is 3.28. The maximum absolute atomic E-state index is 6.53. The molecule has 1 saturated heterocycles. The second-order valence-corrected chi connectivity index (χ2v) is 7.96. The molecular formula is C23H25N3S. The van der Waals surface area contributed by atoms with E-state index < -0.39 is 0 Å². The number of hydrogen-bond acceptors (Lipinski definition) is 4. The lowest BCUT2D eigenvalue weighted by Gasteiger charge is -2.32. The fourth-order valence-electron chi connectivity index (χ4n) is 3.51. The van der Waals surface area contributed by atoms with Crippen molar-refractivity contribution in [3.05, 3.63) is 78.9 Å². The van der Waals surface area contributed by atoms with Crippen LogP contribution < -0.4 is 15.8 Å². The maximum atomic E-state index is 6.53. The van der Waals surface area contributed by atoms with Crippen LogP contribution in [0.1, 0.15) is 19.3 Å². The van der Waals surface area contributed by atoms with Crippen LogP contribution in [0.25, 0.3) is 0 Å². The summed E-state index contributed by atoms with van der Waals surface area (Å²) < 4.78 is 0. The Morgan fingerprint density at radius 1 is 0.704 bits per heavy atom. The highest BCUT2D eigenvalue weighted by molar-refractivity contribution is 7.99. The van der Waals surface area contributed by atoms with Crippen molar-refractivity contribution in [3.63, 3.8) is 0 Å². The number of para-hydroxylation sites is 2. The predicted octanol–water partition coefficient (Wildman–Crippen LogP) is 5.84. The van der Waals surface area contributed by atoms with E-state index in [1.165, 1.54) is 34.7 Å². The second-order valence-electron chi connectivity index (χ2n) is 6.82. The molecule has 1 aliphatic rings. The molecule has 0 unspecified atom stereocenters. The highest BCUT2D eigenvalue weighted by Gasteiger charge is 2.17. The van der Waals surface area contributed by atoms with Crippen LogP contribution >= 0.6 is 11.8 Å². The first-order valence-electron chi connectivity index (χ1n) is 9.53. The highest BCUT2D eigenvalue weighted by Crippen LogP contribution is 2.35. The Kier molecular flexibility index (Phi) is 5.66. The summed E-state index contributed by atoms with van der Waals surface area (Å²) in [7, 11) is 0. The fourth-order valence-corrected chi connectivity index (χ4v) is 4.35. The monoisotopic (exact) mass is 375 g/mol. The molecule has 0 aromatic heterocycles. The molecule has 0 bridgehead atoms. The van der Waals surface area contributed by atoms with Gasteiger partial charge < -0.3 is 4.90 Å². The molecule has 0 radical (unpaired) electrons. The summed E-state index contributed by atoms with van der Waals surface area (Å²) >= 11 is 1.76. The number of anilines is 3. The SMILES string of the molecule is NN(c1ccc(Sc2ccccc2)cc1)c1ccccc1N1CCCCC1. The number of hydrazine groups is 1. The molecule has 0 aliphatic carbocycles. The van der Waals surface area contributed by atoms with Gasteiger partial charge in [-0.3, -0.25) is 5.01 Å². The van der Waals surface area contributed by atoms with Crippen LogP contribution in [0.15, 0.2) is 88.7 Å². The molecule has 3 aromatic rings. The van der Waals surface area contributed by atoms with Crippen molar-refractivity contribution >= 4 is 28.8 Å². The lowest BCUT2D eigenvalue weighted by molar-refractivity contribution is 0.578. The maximum Gasteiger partial charge on any atom is 0.0808 e. The van der Waals surface area contributed by atoms with E-state index in [0.717, 1.165) is 24.5 Å². The van der Waals surface area contributed by atoms with Crippen molar-refractivity contribution in [1.29, 1.82) is 0 Å². The third-order valence-corrected chi connectivity index (χ3v) is 5.95. The number of hydrogen-bond donors (Lipinski definition) is 1. The van der Waals surface area contributed by atoms with E-state index in [4.69, 9.17) is 5.84 Å². The molecule has 1 fully saturated rings. The molecule has 138 valence electrons. The first-order chi connectivity index (χ1) is 13.3. The Morgan fingerprint density at radius 2 is 1.33 bits per heavy atom. The molecule has 0 amide bonds. The summed E-state index contributed by atoms with van der Waals surface area (Å²) in [4.78, 5) is 4.91. The molecular weight excluding hydrogens is 350 g/mol. The third-order valence-electron chi connectivity index (χ3n) is 4.93. The molecule has 4 heteroatoms. The Hall–Kier alpha value is -2.43. The summed E-state index contributed by atoms with van der Waals surface area (Å²) in [5.74, 6) is 6.53. The van der Waals surface area contributed by atoms with Gasteiger partial charge in [0.05, 0.1) is 17.1 Å². The van der Waals surface area contributed by atoms with E-state index in [2.05, 4.69) is 77.7 Å². The minimum Gasteiger partial charge on any atom is -0.370 e. The Labute approximate surface area is 165 Å². The molecule has 4 rings (SSSR count). The van der Waals surface area contributed by atoms with Crippen molar-refractivity contribution in [1.82, 2.24) is 0 Å². The number of rotatable bonds is 5. The zero-order chi connectivity index (χ0) is 18.5. The van der Waals surface area contributed by atoms with E-state index in [-0.39, 0.29) is 0 Å². The van der Waals surface area contributed by atoms with Gasteiger partial charge in [-0.05, 0) is 67.8 Å². The Morgan fingerprint density at radius 3 is 2.07 bits per heavy atom. The first-order valence-corrected chi connectivity index (χ1v) is 10.3. The minimum atomic E-state index is 0.997. The average molecular weight is 376 g/mol. The van der Waals surface area contributed by atoms with Gasteiger partial charge in [0.1, 0.15) is 0 Å². The van der Waals surface area contributed by atoms with E-state index in [1.54, 1.807) is 16.8 Å². The normalized spacial score (nSPS) is 14.2.